The SMILES string of the molecule is COc1cc(O)c(C(=O)/C=C/c2c(OC)ccc3ccccc23)c(OC)c1. The Morgan fingerprint density at radius 1 is 0.926 bits per heavy atom. The Bertz CT molecular complexity index is 1020. The maximum atomic E-state index is 12.7. The number of benzene rings is 3. The Morgan fingerprint density at radius 3 is 2.37 bits per heavy atom. The number of rotatable bonds is 6. The zero-order valence-corrected chi connectivity index (χ0v) is 15.4. The van der Waals surface area contributed by atoms with Gasteiger partial charge in [-0.05, 0) is 29.0 Å². The molecule has 0 amide bonds. The fraction of sp³-hybridized carbons (Fsp3) is 0.136. The largest absolute Gasteiger partial charge is 0.507 e. The molecule has 5 heteroatoms. The molecule has 27 heavy (non-hydrogen) atoms. The summed E-state index contributed by atoms with van der Waals surface area (Å²) in [6, 6.07) is 14.6. The number of phenols is 1. The smallest absolute Gasteiger partial charge is 0.193 e. The number of methoxy groups -OCH3 is 3. The van der Waals surface area contributed by atoms with Crippen LogP contribution in [0.4, 0.5) is 0 Å². The molecule has 0 saturated heterocycles. The van der Waals surface area contributed by atoms with Gasteiger partial charge in [0.1, 0.15) is 28.6 Å². The van der Waals surface area contributed by atoms with Gasteiger partial charge in [0, 0.05) is 17.7 Å². The van der Waals surface area contributed by atoms with Crippen molar-refractivity contribution in [1.29, 1.82) is 0 Å². The molecule has 0 saturated carbocycles. The summed E-state index contributed by atoms with van der Waals surface area (Å²) in [7, 11) is 4.49. The number of ether oxygens (including phenoxy) is 3. The van der Waals surface area contributed by atoms with Gasteiger partial charge >= 0.3 is 0 Å². The van der Waals surface area contributed by atoms with Crippen LogP contribution in [0, 0.1) is 0 Å². The van der Waals surface area contributed by atoms with Crippen LogP contribution < -0.4 is 14.2 Å². The molecule has 0 aliphatic carbocycles. The van der Waals surface area contributed by atoms with E-state index in [1.54, 1.807) is 19.3 Å². The number of hydrogen-bond donors (Lipinski definition) is 1. The van der Waals surface area contributed by atoms with Gasteiger partial charge in [-0.25, -0.2) is 0 Å². The van der Waals surface area contributed by atoms with Crippen LogP contribution in [0.5, 0.6) is 23.0 Å². The minimum absolute atomic E-state index is 0.0775. The van der Waals surface area contributed by atoms with E-state index >= 15 is 0 Å². The Kier molecular flexibility index (Phi) is 5.31. The van der Waals surface area contributed by atoms with Crippen LogP contribution in [-0.4, -0.2) is 32.2 Å². The lowest BCUT2D eigenvalue weighted by Gasteiger charge is -2.11. The number of carbonyl (C=O) groups is 1. The van der Waals surface area contributed by atoms with Gasteiger partial charge < -0.3 is 19.3 Å². The molecule has 0 aliphatic rings. The molecule has 0 aromatic heterocycles. The van der Waals surface area contributed by atoms with E-state index in [1.807, 2.05) is 36.4 Å². The van der Waals surface area contributed by atoms with E-state index in [-0.39, 0.29) is 22.8 Å². The fourth-order valence-electron chi connectivity index (χ4n) is 2.97. The van der Waals surface area contributed by atoms with E-state index in [9.17, 15) is 9.90 Å². The number of fused-ring (bicyclic) bond motifs is 1. The van der Waals surface area contributed by atoms with Crippen molar-refractivity contribution in [3.8, 4) is 23.0 Å². The Labute approximate surface area is 157 Å². The van der Waals surface area contributed by atoms with Crippen LogP contribution in [0.1, 0.15) is 15.9 Å². The first-order chi connectivity index (χ1) is 13.1. The van der Waals surface area contributed by atoms with E-state index in [0.717, 1.165) is 16.3 Å². The minimum atomic E-state index is -0.387. The normalized spacial score (nSPS) is 10.9. The van der Waals surface area contributed by atoms with Gasteiger partial charge in [0.15, 0.2) is 5.78 Å². The summed E-state index contributed by atoms with van der Waals surface area (Å²) in [5.41, 5.74) is 0.865. The third-order valence-corrected chi connectivity index (χ3v) is 4.31. The predicted octanol–water partition coefficient (Wildman–Crippen LogP) is 4.47. The first-order valence-corrected chi connectivity index (χ1v) is 8.32. The molecule has 0 radical (unpaired) electrons. The molecule has 138 valence electrons. The predicted molar refractivity (Wildman–Crippen MR) is 105 cm³/mol. The standard InChI is InChI=1S/C22H20O5/c1-25-15-12-19(24)22(21(13-15)27-3)18(23)10-9-17-16-7-5-4-6-14(16)8-11-20(17)26-2/h4-13,24H,1-3H3/b10-9+. The fourth-order valence-corrected chi connectivity index (χ4v) is 2.97. The zero-order chi connectivity index (χ0) is 19.4. The summed E-state index contributed by atoms with van der Waals surface area (Å²) < 4.78 is 15.8. The number of ketones is 1. The maximum Gasteiger partial charge on any atom is 0.193 e. The maximum absolute atomic E-state index is 12.7. The monoisotopic (exact) mass is 364 g/mol. The first kappa shape index (κ1) is 18.3. The van der Waals surface area contributed by atoms with Gasteiger partial charge in [0.2, 0.25) is 0 Å². The van der Waals surface area contributed by atoms with Crippen molar-refractivity contribution in [2.24, 2.45) is 0 Å². The van der Waals surface area contributed by atoms with Crippen LogP contribution in [0.25, 0.3) is 16.8 Å². The molecule has 0 heterocycles. The lowest BCUT2D eigenvalue weighted by molar-refractivity contribution is 0.104. The highest BCUT2D eigenvalue weighted by molar-refractivity contribution is 6.11. The highest BCUT2D eigenvalue weighted by Gasteiger charge is 2.17. The van der Waals surface area contributed by atoms with Crippen molar-refractivity contribution in [3.63, 3.8) is 0 Å². The number of carbonyl (C=O) groups excluding carboxylic acids is 1. The van der Waals surface area contributed by atoms with Gasteiger partial charge in [-0.1, -0.05) is 30.3 Å². The van der Waals surface area contributed by atoms with Crippen LogP contribution in [0.3, 0.4) is 0 Å². The Balaban J connectivity index is 2.05. The summed E-state index contributed by atoms with van der Waals surface area (Å²) in [5, 5.41) is 12.2. The van der Waals surface area contributed by atoms with E-state index in [4.69, 9.17) is 14.2 Å². The number of aromatic hydroxyl groups is 1. The van der Waals surface area contributed by atoms with Gasteiger partial charge in [-0.2, -0.15) is 0 Å². The topological polar surface area (TPSA) is 65.0 Å². The van der Waals surface area contributed by atoms with E-state index in [2.05, 4.69) is 0 Å². The lowest BCUT2D eigenvalue weighted by Crippen LogP contribution is -2.01. The highest BCUT2D eigenvalue weighted by atomic mass is 16.5. The lowest BCUT2D eigenvalue weighted by atomic mass is 10.0. The van der Waals surface area contributed by atoms with Crippen molar-refractivity contribution >= 4 is 22.6 Å². The first-order valence-electron chi connectivity index (χ1n) is 8.32. The molecule has 3 rings (SSSR count). The molecule has 0 spiro atoms. The van der Waals surface area contributed by atoms with Crippen LogP contribution >= 0.6 is 0 Å². The van der Waals surface area contributed by atoms with Crippen LogP contribution in [0.15, 0.2) is 54.6 Å². The van der Waals surface area contributed by atoms with Crippen molar-refractivity contribution in [2.75, 3.05) is 21.3 Å². The van der Waals surface area contributed by atoms with Gasteiger partial charge in [0.05, 0.1) is 21.3 Å². The van der Waals surface area contributed by atoms with Crippen molar-refractivity contribution in [1.82, 2.24) is 0 Å². The Hall–Kier alpha value is -3.47. The van der Waals surface area contributed by atoms with Gasteiger partial charge in [-0.15, -0.1) is 0 Å². The summed E-state index contributed by atoms with van der Waals surface area (Å²) >= 11 is 0. The van der Waals surface area contributed by atoms with Crippen LogP contribution in [0.2, 0.25) is 0 Å². The molecular weight excluding hydrogens is 344 g/mol. The molecule has 3 aromatic rings. The summed E-state index contributed by atoms with van der Waals surface area (Å²) in [6.45, 7) is 0. The van der Waals surface area contributed by atoms with E-state index in [0.29, 0.717) is 11.5 Å². The van der Waals surface area contributed by atoms with E-state index in [1.165, 1.54) is 26.4 Å². The molecule has 0 atom stereocenters. The second-order valence-electron chi connectivity index (χ2n) is 5.82. The molecule has 1 N–H and O–H groups in total. The molecule has 0 fully saturated rings. The third kappa shape index (κ3) is 3.58. The molecule has 0 bridgehead atoms. The number of allylic oxidation sites excluding steroid dienone is 1. The van der Waals surface area contributed by atoms with Crippen molar-refractivity contribution in [3.05, 3.63) is 65.7 Å². The van der Waals surface area contributed by atoms with Crippen molar-refractivity contribution in [2.45, 2.75) is 0 Å². The molecular formula is C22H20O5. The second-order valence-corrected chi connectivity index (χ2v) is 5.82. The summed E-state index contributed by atoms with van der Waals surface area (Å²) in [5.74, 6) is 0.711. The van der Waals surface area contributed by atoms with Crippen LogP contribution in [-0.2, 0) is 0 Å². The highest BCUT2D eigenvalue weighted by Crippen LogP contribution is 2.34. The van der Waals surface area contributed by atoms with E-state index < -0.39 is 0 Å². The third-order valence-electron chi connectivity index (χ3n) is 4.31. The molecule has 3 aromatic carbocycles. The molecule has 5 nitrogen and oxygen atoms in total. The molecule has 0 unspecified atom stereocenters. The van der Waals surface area contributed by atoms with Gasteiger partial charge in [-0.3, -0.25) is 4.79 Å². The summed E-state index contributed by atoms with van der Waals surface area (Å²) in [6.07, 6.45) is 3.08. The number of phenolic OH excluding ortho intramolecular Hbond substituents is 1. The Morgan fingerprint density at radius 2 is 1.67 bits per heavy atom. The molecule has 0 aliphatic heterocycles. The average Bonchev–Trinajstić information content (AvgIpc) is 2.70. The van der Waals surface area contributed by atoms with Gasteiger partial charge in [0.25, 0.3) is 0 Å². The summed E-state index contributed by atoms with van der Waals surface area (Å²) in [4.78, 5) is 12.7. The quantitative estimate of drug-likeness (QED) is 0.516. The minimum Gasteiger partial charge on any atom is -0.507 e. The average molecular weight is 364 g/mol. The van der Waals surface area contributed by atoms with Crippen molar-refractivity contribution < 1.29 is 24.1 Å². The number of hydrogen-bond acceptors (Lipinski definition) is 5. The zero-order valence-electron chi connectivity index (χ0n) is 15.4. The second kappa shape index (κ2) is 7.83.